The lowest BCUT2D eigenvalue weighted by Gasteiger charge is -2.27. The molecule has 0 aliphatic carbocycles. The number of aliphatic hydroxyl groups is 1. The van der Waals surface area contributed by atoms with Gasteiger partial charge in [0.2, 0.25) is 11.8 Å². The molecule has 0 fully saturated rings. The minimum Gasteiger partial charge on any atom is -0.426 e. The molecule has 0 bridgehead atoms. The average molecular weight is 538 g/mol. The first kappa shape index (κ1) is 35.5. The molecule has 0 aromatic heterocycles. The Morgan fingerprint density at radius 1 is 0.974 bits per heavy atom. The highest BCUT2D eigenvalue weighted by atomic mass is 16.4. The zero-order chi connectivity index (χ0) is 29.4. The highest BCUT2D eigenvalue weighted by Crippen LogP contribution is 2.09. The Hall–Kier alpha value is -2.46. The van der Waals surface area contributed by atoms with E-state index in [-0.39, 0.29) is 35.8 Å². The molecule has 38 heavy (non-hydrogen) atoms. The van der Waals surface area contributed by atoms with Crippen LogP contribution in [0.5, 0.6) is 0 Å². The summed E-state index contributed by atoms with van der Waals surface area (Å²) in [5, 5.41) is 50.0. The van der Waals surface area contributed by atoms with E-state index in [1.54, 1.807) is 26.8 Å². The maximum Gasteiger partial charge on any atom is 0.475 e. The van der Waals surface area contributed by atoms with Crippen molar-refractivity contribution in [3.8, 4) is 6.07 Å². The fourth-order valence-electron chi connectivity index (χ4n) is 3.60. The minimum atomic E-state index is -1.72. The van der Waals surface area contributed by atoms with Crippen LogP contribution in [0.1, 0.15) is 74.1 Å². The maximum atomic E-state index is 13.1. The van der Waals surface area contributed by atoms with Crippen molar-refractivity contribution in [1.29, 1.82) is 5.26 Å². The lowest BCUT2D eigenvalue weighted by molar-refractivity contribution is -0.125. The van der Waals surface area contributed by atoms with Gasteiger partial charge in [-0.05, 0) is 44.4 Å². The molecule has 0 aromatic rings. The first-order valence-corrected chi connectivity index (χ1v) is 13.5. The summed E-state index contributed by atoms with van der Waals surface area (Å²) in [4.78, 5) is 37.4. The van der Waals surface area contributed by atoms with E-state index >= 15 is 0 Å². The van der Waals surface area contributed by atoms with Crippen molar-refractivity contribution in [2.75, 3.05) is 13.1 Å². The van der Waals surface area contributed by atoms with Crippen LogP contribution in [0.3, 0.4) is 0 Å². The predicted molar refractivity (Wildman–Crippen MR) is 147 cm³/mol. The average Bonchev–Trinajstić information content (AvgIpc) is 2.81. The molecule has 0 aliphatic heterocycles. The van der Waals surface area contributed by atoms with Crippen LogP contribution in [-0.4, -0.2) is 77.2 Å². The summed E-state index contributed by atoms with van der Waals surface area (Å²) in [5.41, 5.74) is 0.0605. The number of rotatable bonds is 18. The standard InChI is InChI=1S/C26H48BN5O6/c1-16(2)12-20(14-28)25(35)29-11-9-8-10-21(26(36)32-23(27(37)38)13-17(3)4)30-15-22(19(7)33)31-24(34)18(5)6/h12,16-19,21-23,30,33,37-38H,8-11,13,15H2,1-7H3,(H,29,35)(H,31,34)(H,32,36). The molecular weight excluding hydrogens is 489 g/mol. The van der Waals surface area contributed by atoms with E-state index in [2.05, 4.69) is 21.3 Å². The third-order valence-corrected chi connectivity index (χ3v) is 5.82. The van der Waals surface area contributed by atoms with Crippen molar-refractivity contribution in [3.05, 3.63) is 11.6 Å². The molecule has 0 aliphatic rings. The summed E-state index contributed by atoms with van der Waals surface area (Å²) in [6.07, 6.45) is 2.53. The van der Waals surface area contributed by atoms with Gasteiger partial charge in [0.25, 0.3) is 5.91 Å². The molecule has 0 saturated carbocycles. The largest absolute Gasteiger partial charge is 0.475 e. The molecular formula is C26H48BN5O6. The molecule has 0 radical (unpaired) electrons. The van der Waals surface area contributed by atoms with Crippen molar-refractivity contribution >= 4 is 24.8 Å². The Morgan fingerprint density at radius 2 is 1.61 bits per heavy atom. The first-order chi connectivity index (χ1) is 17.7. The van der Waals surface area contributed by atoms with Gasteiger partial charge in [-0.3, -0.25) is 14.4 Å². The number of aliphatic hydroxyl groups excluding tert-OH is 1. The summed E-state index contributed by atoms with van der Waals surface area (Å²) in [6.45, 7) is 13.0. The zero-order valence-electron chi connectivity index (χ0n) is 24.0. The van der Waals surface area contributed by atoms with Crippen LogP contribution in [0, 0.1) is 29.1 Å². The number of nitriles is 1. The minimum absolute atomic E-state index is 0.0605. The molecule has 0 saturated heterocycles. The van der Waals surface area contributed by atoms with Crippen LogP contribution in [0.2, 0.25) is 0 Å². The number of unbranched alkanes of at least 4 members (excludes halogenated alkanes) is 1. The molecule has 0 aromatic carbocycles. The number of carbonyl (C=O) groups excluding carboxylic acids is 3. The van der Waals surface area contributed by atoms with Crippen LogP contribution in [0.25, 0.3) is 0 Å². The van der Waals surface area contributed by atoms with Crippen LogP contribution < -0.4 is 21.3 Å². The Kier molecular flexibility index (Phi) is 17.5. The molecule has 3 amide bonds. The number of nitrogens with one attached hydrogen (secondary N) is 4. The highest BCUT2D eigenvalue weighted by molar-refractivity contribution is 6.43. The smallest absolute Gasteiger partial charge is 0.426 e. The molecule has 216 valence electrons. The first-order valence-electron chi connectivity index (χ1n) is 13.5. The van der Waals surface area contributed by atoms with Gasteiger partial charge in [0.1, 0.15) is 11.6 Å². The van der Waals surface area contributed by atoms with E-state index in [9.17, 15) is 29.5 Å². The normalized spacial score (nSPS) is 15.0. The number of hydrogen-bond acceptors (Lipinski definition) is 8. The predicted octanol–water partition coefficient (Wildman–Crippen LogP) is 0.402. The van der Waals surface area contributed by atoms with E-state index < -0.39 is 43.1 Å². The van der Waals surface area contributed by atoms with Gasteiger partial charge in [0.15, 0.2) is 0 Å². The van der Waals surface area contributed by atoms with Gasteiger partial charge in [0, 0.05) is 19.0 Å². The number of nitrogens with zero attached hydrogens (tertiary/aromatic N) is 1. The van der Waals surface area contributed by atoms with E-state index in [0.29, 0.717) is 32.2 Å². The highest BCUT2D eigenvalue weighted by Gasteiger charge is 2.30. The summed E-state index contributed by atoms with van der Waals surface area (Å²) in [7, 11) is -1.72. The Morgan fingerprint density at radius 3 is 2.08 bits per heavy atom. The van der Waals surface area contributed by atoms with Crippen LogP contribution >= 0.6 is 0 Å². The van der Waals surface area contributed by atoms with Gasteiger partial charge in [-0.15, -0.1) is 0 Å². The maximum absolute atomic E-state index is 13.1. The summed E-state index contributed by atoms with van der Waals surface area (Å²) >= 11 is 0. The summed E-state index contributed by atoms with van der Waals surface area (Å²) in [6, 6.07) is 0.523. The molecule has 4 atom stereocenters. The van der Waals surface area contributed by atoms with Crippen molar-refractivity contribution in [2.45, 2.75) is 98.3 Å². The third-order valence-electron chi connectivity index (χ3n) is 5.82. The van der Waals surface area contributed by atoms with Gasteiger partial charge in [0.05, 0.1) is 24.1 Å². The molecule has 0 rings (SSSR count). The molecule has 7 N–H and O–H groups in total. The van der Waals surface area contributed by atoms with E-state index in [1.807, 2.05) is 33.8 Å². The zero-order valence-corrected chi connectivity index (χ0v) is 24.0. The number of amides is 3. The van der Waals surface area contributed by atoms with Crippen molar-refractivity contribution in [1.82, 2.24) is 21.3 Å². The van der Waals surface area contributed by atoms with E-state index in [4.69, 9.17) is 5.26 Å². The van der Waals surface area contributed by atoms with Crippen LogP contribution in [0.4, 0.5) is 0 Å². The second kappa shape index (κ2) is 18.7. The van der Waals surface area contributed by atoms with E-state index in [1.165, 1.54) is 0 Å². The Balaban J connectivity index is 5.27. The summed E-state index contributed by atoms with van der Waals surface area (Å²) in [5.74, 6) is -2.04. The van der Waals surface area contributed by atoms with Gasteiger partial charge in [-0.1, -0.05) is 47.6 Å². The molecule has 12 heteroatoms. The Labute approximate surface area is 228 Å². The number of hydrogen-bond donors (Lipinski definition) is 7. The fourth-order valence-corrected chi connectivity index (χ4v) is 3.60. The monoisotopic (exact) mass is 537 g/mol. The third kappa shape index (κ3) is 15.1. The summed E-state index contributed by atoms with van der Waals surface area (Å²) < 4.78 is 0. The number of carbonyl (C=O) groups is 3. The second-order valence-electron chi connectivity index (χ2n) is 10.8. The van der Waals surface area contributed by atoms with Crippen LogP contribution in [-0.2, 0) is 14.4 Å². The van der Waals surface area contributed by atoms with Gasteiger partial charge < -0.3 is 36.4 Å². The molecule has 4 unspecified atom stereocenters. The van der Waals surface area contributed by atoms with E-state index in [0.717, 1.165) is 0 Å². The molecule has 0 spiro atoms. The molecule has 0 heterocycles. The van der Waals surface area contributed by atoms with Crippen molar-refractivity contribution in [2.24, 2.45) is 17.8 Å². The lowest BCUT2D eigenvalue weighted by Crippen LogP contribution is -2.56. The molecule has 11 nitrogen and oxygen atoms in total. The number of allylic oxidation sites excluding steroid dienone is 1. The van der Waals surface area contributed by atoms with Crippen molar-refractivity contribution in [3.63, 3.8) is 0 Å². The van der Waals surface area contributed by atoms with Crippen molar-refractivity contribution < 1.29 is 29.5 Å². The Bertz CT molecular complexity index is 810. The quantitative estimate of drug-likeness (QED) is 0.0567. The van der Waals surface area contributed by atoms with Crippen LogP contribution in [0.15, 0.2) is 11.6 Å². The lowest BCUT2D eigenvalue weighted by atomic mass is 9.75. The van der Waals surface area contributed by atoms with Gasteiger partial charge >= 0.3 is 7.12 Å². The second-order valence-corrected chi connectivity index (χ2v) is 10.8. The van der Waals surface area contributed by atoms with Gasteiger partial charge in [-0.2, -0.15) is 5.26 Å². The van der Waals surface area contributed by atoms with Gasteiger partial charge in [-0.25, -0.2) is 0 Å². The topological polar surface area (TPSA) is 184 Å². The SMILES string of the molecule is CC(C)C=C(C#N)C(=O)NCCCCC(NCC(NC(=O)C(C)C)C(C)O)C(=O)NC(CC(C)C)B(O)O. The fraction of sp³-hybridized carbons (Fsp3) is 0.769.